The highest BCUT2D eigenvalue weighted by Gasteiger charge is 2.02. The third-order valence-corrected chi connectivity index (χ3v) is 2.87. The molecule has 0 saturated carbocycles. The van der Waals surface area contributed by atoms with Gasteiger partial charge in [-0.2, -0.15) is 5.10 Å². The van der Waals surface area contributed by atoms with E-state index in [1.54, 1.807) is 4.68 Å². The molecule has 1 rings (SSSR count). The Bertz CT molecular complexity index is 406. The number of aryl methyl sites for hydroxylation is 2. The molecule has 0 bridgehead atoms. The van der Waals surface area contributed by atoms with E-state index >= 15 is 0 Å². The molecule has 1 heterocycles. The van der Waals surface area contributed by atoms with Gasteiger partial charge in [-0.05, 0) is 52.9 Å². The summed E-state index contributed by atoms with van der Waals surface area (Å²) in [6, 6.07) is 0. The van der Waals surface area contributed by atoms with E-state index in [4.69, 9.17) is 0 Å². The number of hydrogen-bond donors (Lipinski definition) is 0. The quantitative estimate of drug-likeness (QED) is 0.571. The van der Waals surface area contributed by atoms with Crippen LogP contribution in [0.5, 0.6) is 0 Å². The van der Waals surface area contributed by atoms with Gasteiger partial charge in [-0.3, -0.25) is 0 Å². The molecule has 0 fully saturated rings. The van der Waals surface area contributed by atoms with Gasteiger partial charge in [-0.1, -0.05) is 18.6 Å². The fraction of sp³-hybridized carbons (Fsp3) is 0.643. The molecule has 0 spiro atoms. The fourth-order valence-corrected chi connectivity index (χ4v) is 1.71. The third-order valence-electron chi connectivity index (χ3n) is 2.87. The average molecular weight is 248 g/mol. The maximum absolute atomic E-state index is 4.40. The normalized spacial score (nSPS) is 12.9. The summed E-state index contributed by atoms with van der Waals surface area (Å²) in [6.07, 6.45) is 7.62. The third kappa shape index (κ3) is 4.82. The summed E-state index contributed by atoms with van der Waals surface area (Å²) in [4.78, 5) is 0. The molecule has 0 aliphatic heterocycles. The molecule has 1 unspecified atom stereocenters. The van der Waals surface area contributed by atoms with Crippen LogP contribution in [0.3, 0.4) is 0 Å². The first-order valence-electron chi connectivity index (χ1n) is 6.55. The van der Waals surface area contributed by atoms with Crippen LogP contribution in [0.4, 0.5) is 0 Å². The van der Waals surface area contributed by atoms with Crippen molar-refractivity contribution in [2.24, 2.45) is 11.0 Å². The summed E-state index contributed by atoms with van der Waals surface area (Å²) in [7, 11) is 0. The molecule has 0 aliphatic rings. The van der Waals surface area contributed by atoms with Crippen molar-refractivity contribution in [1.29, 1.82) is 0 Å². The van der Waals surface area contributed by atoms with Crippen LogP contribution in [-0.2, 0) is 0 Å². The molecule has 0 radical (unpaired) electrons. The van der Waals surface area contributed by atoms with Gasteiger partial charge >= 0.3 is 0 Å². The summed E-state index contributed by atoms with van der Waals surface area (Å²) in [5.41, 5.74) is 1.40. The Hall–Kier alpha value is -1.45. The molecule has 100 valence electrons. The highest BCUT2D eigenvalue weighted by atomic mass is 15.4. The summed E-state index contributed by atoms with van der Waals surface area (Å²) in [5.74, 6) is 2.32. The summed E-state index contributed by atoms with van der Waals surface area (Å²) >= 11 is 0. The van der Waals surface area contributed by atoms with Crippen LogP contribution < -0.4 is 0 Å². The van der Waals surface area contributed by atoms with Crippen LogP contribution in [0, 0.1) is 19.8 Å². The lowest BCUT2D eigenvalue weighted by molar-refractivity contribution is 0.561. The topological polar surface area (TPSA) is 43.1 Å². The maximum Gasteiger partial charge on any atom is 0.151 e. The van der Waals surface area contributed by atoms with E-state index in [-0.39, 0.29) is 0 Å². The Morgan fingerprint density at radius 3 is 2.44 bits per heavy atom. The van der Waals surface area contributed by atoms with Gasteiger partial charge in [-0.15, -0.1) is 10.2 Å². The van der Waals surface area contributed by atoms with Gasteiger partial charge < -0.3 is 0 Å². The van der Waals surface area contributed by atoms with Crippen LogP contribution in [0.15, 0.2) is 16.8 Å². The largest absolute Gasteiger partial charge is 0.202 e. The molecule has 4 heteroatoms. The van der Waals surface area contributed by atoms with Crippen molar-refractivity contribution in [3.8, 4) is 0 Å². The highest BCUT2D eigenvalue weighted by molar-refractivity contribution is 5.57. The predicted molar refractivity (Wildman–Crippen MR) is 75.8 cm³/mol. The molecule has 0 aromatic carbocycles. The van der Waals surface area contributed by atoms with Crippen molar-refractivity contribution in [2.45, 2.75) is 53.9 Å². The Kier molecular flexibility index (Phi) is 5.75. The lowest BCUT2D eigenvalue weighted by Gasteiger charge is -2.06. The molecule has 0 aliphatic carbocycles. The van der Waals surface area contributed by atoms with Crippen molar-refractivity contribution < 1.29 is 0 Å². The van der Waals surface area contributed by atoms with E-state index in [9.17, 15) is 0 Å². The van der Waals surface area contributed by atoms with Gasteiger partial charge in [0, 0.05) is 6.21 Å². The first-order valence-corrected chi connectivity index (χ1v) is 6.55. The lowest BCUT2D eigenvalue weighted by atomic mass is 10.0. The zero-order valence-electron chi connectivity index (χ0n) is 12.1. The van der Waals surface area contributed by atoms with Crippen molar-refractivity contribution in [2.75, 3.05) is 0 Å². The lowest BCUT2D eigenvalue weighted by Crippen LogP contribution is -1.99. The van der Waals surface area contributed by atoms with Crippen LogP contribution in [-0.4, -0.2) is 21.1 Å². The molecule has 0 amide bonds. The summed E-state index contributed by atoms with van der Waals surface area (Å²) in [6.45, 7) is 10.4. The first-order chi connectivity index (χ1) is 8.50. The Morgan fingerprint density at radius 2 is 1.89 bits per heavy atom. The second kappa shape index (κ2) is 7.09. The van der Waals surface area contributed by atoms with Crippen LogP contribution in [0.1, 0.15) is 51.7 Å². The van der Waals surface area contributed by atoms with E-state index in [1.807, 2.05) is 20.1 Å². The van der Waals surface area contributed by atoms with Crippen LogP contribution in [0.25, 0.3) is 0 Å². The first kappa shape index (κ1) is 14.6. The summed E-state index contributed by atoms with van der Waals surface area (Å²) < 4.78 is 1.78. The SMILES string of the molecule is CC(C)=CCCC(C)C/C=N/n1c(C)nnc1C. The minimum Gasteiger partial charge on any atom is -0.202 e. The van der Waals surface area contributed by atoms with Crippen LogP contribution >= 0.6 is 0 Å². The standard InChI is InChI=1S/C14H24N4/c1-11(2)7-6-8-12(3)9-10-15-18-13(4)16-17-14(18)5/h7,10,12H,6,8-9H2,1-5H3/b15-10+. The number of rotatable bonds is 6. The second-order valence-electron chi connectivity index (χ2n) is 5.10. The van der Waals surface area contributed by atoms with Crippen molar-refractivity contribution in [3.63, 3.8) is 0 Å². The van der Waals surface area contributed by atoms with E-state index in [1.165, 1.54) is 12.0 Å². The second-order valence-corrected chi connectivity index (χ2v) is 5.10. The van der Waals surface area contributed by atoms with Crippen molar-refractivity contribution in [1.82, 2.24) is 14.9 Å². The van der Waals surface area contributed by atoms with Gasteiger partial charge in [0.25, 0.3) is 0 Å². The molecule has 0 saturated heterocycles. The Balaban J connectivity index is 2.38. The predicted octanol–water partition coefficient (Wildman–Crippen LogP) is 3.50. The molecule has 4 nitrogen and oxygen atoms in total. The molecule has 1 aromatic rings. The van der Waals surface area contributed by atoms with Gasteiger partial charge in [-0.25, -0.2) is 4.68 Å². The van der Waals surface area contributed by atoms with E-state index in [2.05, 4.69) is 42.1 Å². The summed E-state index contributed by atoms with van der Waals surface area (Å²) in [5, 5.41) is 12.3. The van der Waals surface area contributed by atoms with Crippen molar-refractivity contribution in [3.05, 3.63) is 23.3 Å². The number of aromatic nitrogens is 3. The maximum atomic E-state index is 4.40. The smallest absolute Gasteiger partial charge is 0.151 e. The minimum atomic E-state index is 0.654. The van der Waals surface area contributed by atoms with Gasteiger partial charge in [0.1, 0.15) is 0 Å². The van der Waals surface area contributed by atoms with Crippen LogP contribution in [0.2, 0.25) is 0 Å². The molecule has 1 atom stereocenters. The van der Waals surface area contributed by atoms with E-state index in [0.717, 1.165) is 24.5 Å². The number of hydrogen-bond acceptors (Lipinski definition) is 3. The molecule has 0 N–H and O–H groups in total. The Morgan fingerprint density at radius 1 is 1.28 bits per heavy atom. The highest BCUT2D eigenvalue weighted by Crippen LogP contribution is 2.10. The van der Waals surface area contributed by atoms with E-state index in [0.29, 0.717) is 5.92 Å². The zero-order chi connectivity index (χ0) is 13.5. The molecular weight excluding hydrogens is 224 g/mol. The van der Waals surface area contributed by atoms with Crippen molar-refractivity contribution >= 4 is 6.21 Å². The Labute approximate surface area is 110 Å². The van der Waals surface area contributed by atoms with Gasteiger partial charge in [0.15, 0.2) is 11.6 Å². The minimum absolute atomic E-state index is 0.654. The monoisotopic (exact) mass is 248 g/mol. The number of nitrogens with zero attached hydrogens (tertiary/aromatic N) is 4. The number of allylic oxidation sites excluding steroid dienone is 2. The molecule has 18 heavy (non-hydrogen) atoms. The molecular formula is C14H24N4. The fourth-order valence-electron chi connectivity index (χ4n) is 1.71. The molecule has 1 aromatic heterocycles. The van der Waals surface area contributed by atoms with Gasteiger partial charge in [0.2, 0.25) is 0 Å². The zero-order valence-corrected chi connectivity index (χ0v) is 12.1. The van der Waals surface area contributed by atoms with E-state index < -0.39 is 0 Å². The van der Waals surface area contributed by atoms with Gasteiger partial charge in [0.05, 0.1) is 0 Å². The average Bonchev–Trinajstić information content (AvgIpc) is 2.60.